The second-order valence-electron chi connectivity index (χ2n) is 5.19. The van der Waals surface area contributed by atoms with Gasteiger partial charge in [-0.1, -0.05) is 69.6 Å². The average Bonchev–Trinajstić information content (AvgIpc) is 2.66. The molecule has 1 rings (SSSR count). The molecule has 9 nitrogen and oxygen atoms in total. The molecule has 1 N–H and O–H groups in total. The lowest BCUT2D eigenvalue weighted by molar-refractivity contribution is 0.112. The van der Waals surface area contributed by atoms with Gasteiger partial charge in [-0.3, -0.25) is 4.79 Å². The summed E-state index contributed by atoms with van der Waals surface area (Å²) in [6.07, 6.45) is -2.11. The third-order valence-electron chi connectivity index (χ3n) is 3.00. The van der Waals surface area contributed by atoms with E-state index in [1.807, 2.05) is 5.43 Å². The van der Waals surface area contributed by atoms with Crippen molar-refractivity contribution in [1.82, 2.24) is 5.43 Å². The maximum absolute atomic E-state index is 12.6. The van der Waals surface area contributed by atoms with Crippen LogP contribution in [0.15, 0.2) is 12.1 Å². The number of hydrogen-bond donors (Lipinski definition) is 1. The largest absolute Gasteiger partial charge is 0.497 e. The van der Waals surface area contributed by atoms with Gasteiger partial charge in [0.05, 0.1) is 14.2 Å². The number of aldehydes is 1. The first-order chi connectivity index (χ1) is 13.8. The summed E-state index contributed by atoms with van der Waals surface area (Å²) in [4.78, 5) is 36.3. The zero-order chi connectivity index (χ0) is 23.1. The Balaban J connectivity index is 3.34. The van der Waals surface area contributed by atoms with E-state index < -0.39 is 33.0 Å². The van der Waals surface area contributed by atoms with Crippen molar-refractivity contribution in [3.63, 3.8) is 0 Å². The molecule has 0 heterocycles. The highest BCUT2D eigenvalue weighted by Crippen LogP contribution is 2.36. The van der Waals surface area contributed by atoms with Crippen molar-refractivity contribution in [2.24, 2.45) is 0 Å². The predicted molar refractivity (Wildman–Crippen MR) is 114 cm³/mol. The van der Waals surface area contributed by atoms with Gasteiger partial charge in [0.1, 0.15) is 30.4 Å². The molecule has 0 unspecified atom stereocenters. The Morgan fingerprint density at radius 3 is 2.03 bits per heavy atom. The summed E-state index contributed by atoms with van der Waals surface area (Å²) in [7, 11) is 2.60. The van der Waals surface area contributed by atoms with E-state index in [0.29, 0.717) is 11.3 Å². The molecular formula is C15H14Cl6N2O7. The first-order valence-corrected chi connectivity index (χ1v) is 9.83. The van der Waals surface area contributed by atoms with E-state index in [1.165, 1.54) is 26.4 Å². The molecule has 0 saturated heterocycles. The van der Waals surface area contributed by atoms with Crippen LogP contribution >= 0.6 is 69.6 Å². The van der Waals surface area contributed by atoms with E-state index in [0.717, 1.165) is 0 Å². The number of nitrogens with one attached hydrogen (secondary N) is 1. The molecule has 15 heteroatoms. The van der Waals surface area contributed by atoms with Gasteiger partial charge in [-0.2, -0.15) is 5.01 Å². The maximum atomic E-state index is 12.6. The molecule has 0 aromatic heterocycles. The SMILES string of the molecule is COc1cc(C=O)c(N(NC(=O)OCC(Cl)(Cl)Cl)C(=O)OCC(Cl)(Cl)Cl)c(OC)c1. The number of ether oxygens (including phenoxy) is 4. The van der Waals surface area contributed by atoms with Crippen LogP contribution < -0.4 is 19.9 Å². The third kappa shape index (κ3) is 8.87. The van der Waals surface area contributed by atoms with Crippen molar-refractivity contribution >= 4 is 93.8 Å². The highest BCUT2D eigenvalue weighted by Gasteiger charge is 2.31. The van der Waals surface area contributed by atoms with E-state index in [-0.39, 0.29) is 22.7 Å². The monoisotopic (exact) mass is 544 g/mol. The van der Waals surface area contributed by atoms with Crippen molar-refractivity contribution < 1.29 is 33.3 Å². The quantitative estimate of drug-likeness (QED) is 0.309. The highest BCUT2D eigenvalue weighted by atomic mass is 35.6. The summed E-state index contributed by atoms with van der Waals surface area (Å²) < 4.78 is 16.0. The normalized spacial score (nSPS) is 11.3. The summed E-state index contributed by atoms with van der Waals surface area (Å²) in [5.74, 6) is 0.176. The number of hydrazine groups is 1. The zero-order valence-electron chi connectivity index (χ0n) is 15.2. The second-order valence-corrected chi connectivity index (χ2v) is 10.2. The minimum absolute atomic E-state index is 0.0519. The van der Waals surface area contributed by atoms with Crippen LogP contribution in [0.5, 0.6) is 11.5 Å². The van der Waals surface area contributed by atoms with Crippen LogP contribution in [0.25, 0.3) is 0 Å². The van der Waals surface area contributed by atoms with Gasteiger partial charge >= 0.3 is 12.2 Å². The molecule has 0 saturated carbocycles. The van der Waals surface area contributed by atoms with Crippen LogP contribution in [0.2, 0.25) is 0 Å². The van der Waals surface area contributed by atoms with Crippen LogP contribution in [0.4, 0.5) is 15.3 Å². The number of alkyl halides is 6. The zero-order valence-corrected chi connectivity index (χ0v) is 19.8. The van der Waals surface area contributed by atoms with Gasteiger partial charge in [-0.15, -0.1) is 0 Å². The minimum atomic E-state index is -1.95. The molecule has 0 aliphatic heterocycles. The van der Waals surface area contributed by atoms with Crippen molar-refractivity contribution in [2.45, 2.75) is 7.59 Å². The van der Waals surface area contributed by atoms with Gasteiger partial charge in [-0.05, 0) is 6.07 Å². The Kier molecular flexibility index (Phi) is 10.2. The Labute approximate surface area is 201 Å². The minimum Gasteiger partial charge on any atom is -0.497 e. The number of carbonyl (C=O) groups excluding carboxylic acids is 3. The van der Waals surface area contributed by atoms with Gasteiger partial charge in [0.15, 0.2) is 6.29 Å². The molecule has 1 aromatic rings. The van der Waals surface area contributed by atoms with E-state index in [4.69, 9.17) is 88.6 Å². The second kappa shape index (κ2) is 11.4. The molecule has 0 atom stereocenters. The molecule has 0 fully saturated rings. The fraction of sp³-hybridized carbons (Fsp3) is 0.400. The van der Waals surface area contributed by atoms with Gasteiger partial charge in [0.25, 0.3) is 0 Å². The van der Waals surface area contributed by atoms with Crippen molar-refractivity contribution in [1.29, 1.82) is 0 Å². The van der Waals surface area contributed by atoms with Gasteiger partial charge in [-0.25, -0.2) is 15.0 Å². The van der Waals surface area contributed by atoms with E-state index >= 15 is 0 Å². The van der Waals surface area contributed by atoms with Crippen LogP contribution in [0.1, 0.15) is 10.4 Å². The molecule has 0 spiro atoms. The first kappa shape index (κ1) is 26.8. The Morgan fingerprint density at radius 2 is 1.57 bits per heavy atom. The molecule has 0 aliphatic carbocycles. The fourth-order valence-electron chi connectivity index (χ4n) is 1.88. The van der Waals surface area contributed by atoms with Crippen molar-refractivity contribution in [3.05, 3.63) is 17.7 Å². The molecule has 0 bridgehead atoms. The summed E-state index contributed by atoms with van der Waals surface area (Å²) in [5, 5.41) is 0.499. The van der Waals surface area contributed by atoms with Crippen molar-refractivity contribution in [2.75, 3.05) is 32.4 Å². The molecule has 0 aliphatic rings. The van der Waals surface area contributed by atoms with Crippen LogP contribution in [0.3, 0.4) is 0 Å². The number of benzene rings is 1. The first-order valence-electron chi connectivity index (χ1n) is 7.56. The maximum Gasteiger partial charge on any atom is 0.433 e. The fourth-order valence-corrected chi connectivity index (χ4v) is 2.20. The molecule has 168 valence electrons. The van der Waals surface area contributed by atoms with Gasteiger partial charge in [0.2, 0.25) is 7.59 Å². The predicted octanol–water partition coefficient (Wildman–Crippen LogP) is 4.84. The summed E-state index contributed by atoms with van der Waals surface area (Å²) in [5.41, 5.74) is 1.69. The molecule has 0 radical (unpaired) electrons. The van der Waals surface area contributed by atoms with E-state index in [2.05, 4.69) is 0 Å². The molecule has 30 heavy (non-hydrogen) atoms. The lowest BCUT2D eigenvalue weighted by Gasteiger charge is -2.26. The standard InChI is InChI=1S/C15H14Cl6N2O7/c1-27-9-3-8(5-24)11(10(4-9)28-2)23(13(26)30-7-15(19,20)21)22-12(25)29-6-14(16,17)18/h3-5H,6-7H2,1-2H3,(H,22,25). The highest BCUT2D eigenvalue weighted by molar-refractivity contribution is 6.68. The number of amides is 2. The number of nitrogens with zero attached hydrogens (tertiary/aromatic N) is 1. The molecule has 2 amide bonds. The van der Waals surface area contributed by atoms with Crippen LogP contribution in [-0.2, 0) is 9.47 Å². The van der Waals surface area contributed by atoms with Gasteiger partial charge in [0, 0.05) is 11.6 Å². The third-order valence-corrected chi connectivity index (χ3v) is 3.65. The number of anilines is 1. The number of methoxy groups -OCH3 is 2. The summed E-state index contributed by atoms with van der Waals surface area (Å²) in [6, 6.07) is 2.61. The van der Waals surface area contributed by atoms with Crippen LogP contribution in [-0.4, -0.2) is 53.5 Å². The smallest absolute Gasteiger partial charge is 0.433 e. The molecular weight excluding hydrogens is 533 g/mol. The van der Waals surface area contributed by atoms with E-state index in [9.17, 15) is 14.4 Å². The lowest BCUT2D eigenvalue weighted by atomic mass is 10.1. The topological polar surface area (TPSA) is 103 Å². The van der Waals surface area contributed by atoms with E-state index in [1.54, 1.807) is 0 Å². The Bertz CT molecular complexity index is 782. The Morgan fingerprint density at radius 1 is 1.00 bits per heavy atom. The van der Waals surface area contributed by atoms with Gasteiger partial charge < -0.3 is 18.9 Å². The number of carbonyl (C=O) groups is 3. The number of rotatable bonds is 6. The summed E-state index contributed by atoms with van der Waals surface area (Å²) >= 11 is 33.3. The number of hydrogen-bond acceptors (Lipinski definition) is 7. The number of halogens is 6. The van der Waals surface area contributed by atoms with Crippen LogP contribution in [0, 0.1) is 0 Å². The lowest BCUT2D eigenvalue weighted by Crippen LogP contribution is -2.48. The Hall–Kier alpha value is -1.23. The molecule has 1 aromatic carbocycles. The van der Waals surface area contributed by atoms with Crippen molar-refractivity contribution in [3.8, 4) is 11.5 Å². The summed E-state index contributed by atoms with van der Waals surface area (Å²) in [6.45, 7) is -1.34. The average molecular weight is 547 g/mol.